The van der Waals surface area contributed by atoms with E-state index < -0.39 is 0 Å². The number of hydrogen-bond acceptors (Lipinski definition) is 3. The van der Waals surface area contributed by atoms with E-state index in [2.05, 4.69) is 53.6 Å². The van der Waals surface area contributed by atoms with Crippen LogP contribution in [-0.2, 0) is 20.1 Å². The average molecular weight is 283 g/mol. The zero-order chi connectivity index (χ0) is 14.8. The highest BCUT2D eigenvalue weighted by Crippen LogP contribution is 2.18. The predicted octanol–water partition coefficient (Wildman–Crippen LogP) is 2.32. The van der Waals surface area contributed by atoms with E-state index in [0.29, 0.717) is 12.6 Å². The molecule has 110 valence electrons. The summed E-state index contributed by atoms with van der Waals surface area (Å²) in [4.78, 5) is 0. The van der Waals surface area contributed by atoms with E-state index in [1.54, 1.807) is 0 Å². The molecule has 3 aromatic rings. The molecule has 0 atom stereocenters. The minimum absolute atomic E-state index is 0.467. The minimum Gasteiger partial charge on any atom is -0.309 e. The summed E-state index contributed by atoms with van der Waals surface area (Å²) in [5.41, 5.74) is 3.27. The van der Waals surface area contributed by atoms with Crippen molar-refractivity contribution in [1.82, 2.24) is 24.9 Å². The Labute approximate surface area is 124 Å². The van der Waals surface area contributed by atoms with Crippen LogP contribution in [0.25, 0.3) is 10.9 Å². The van der Waals surface area contributed by atoms with Gasteiger partial charge in [0.2, 0.25) is 0 Å². The lowest BCUT2D eigenvalue weighted by Crippen LogP contribution is -2.22. The van der Waals surface area contributed by atoms with E-state index in [9.17, 15) is 0 Å². The van der Waals surface area contributed by atoms with Gasteiger partial charge in [0.05, 0.1) is 23.4 Å². The van der Waals surface area contributed by atoms with Crippen LogP contribution in [0.1, 0.15) is 25.2 Å². The van der Waals surface area contributed by atoms with Crippen molar-refractivity contribution in [2.75, 3.05) is 0 Å². The monoisotopic (exact) mass is 283 g/mol. The van der Waals surface area contributed by atoms with Gasteiger partial charge < -0.3 is 5.32 Å². The Balaban J connectivity index is 1.79. The molecule has 0 aliphatic rings. The van der Waals surface area contributed by atoms with Crippen molar-refractivity contribution in [1.29, 1.82) is 0 Å². The smallest absolute Gasteiger partial charge is 0.0918 e. The SMILES string of the molecule is CC(C)NCc1ccn(Cc2nn(C)c3ccccc23)n1. The molecule has 0 fully saturated rings. The molecular formula is C16H21N5. The van der Waals surface area contributed by atoms with Crippen molar-refractivity contribution in [2.45, 2.75) is 33.0 Å². The van der Waals surface area contributed by atoms with Crippen molar-refractivity contribution in [3.63, 3.8) is 0 Å². The fourth-order valence-electron chi connectivity index (χ4n) is 2.45. The fraction of sp³-hybridized carbons (Fsp3) is 0.375. The van der Waals surface area contributed by atoms with E-state index in [0.717, 1.165) is 23.4 Å². The molecule has 1 aromatic carbocycles. The largest absolute Gasteiger partial charge is 0.309 e. The molecule has 0 aliphatic carbocycles. The van der Waals surface area contributed by atoms with Crippen molar-refractivity contribution in [3.05, 3.63) is 47.9 Å². The minimum atomic E-state index is 0.467. The number of nitrogens with zero attached hydrogens (tertiary/aromatic N) is 4. The molecule has 0 amide bonds. The lowest BCUT2D eigenvalue weighted by Gasteiger charge is -2.05. The van der Waals surface area contributed by atoms with E-state index in [1.807, 2.05) is 28.7 Å². The van der Waals surface area contributed by atoms with Gasteiger partial charge >= 0.3 is 0 Å². The topological polar surface area (TPSA) is 47.7 Å². The maximum absolute atomic E-state index is 4.61. The quantitative estimate of drug-likeness (QED) is 0.781. The van der Waals surface area contributed by atoms with Gasteiger partial charge in [0, 0.05) is 31.2 Å². The van der Waals surface area contributed by atoms with E-state index in [1.165, 1.54) is 5.39 Å². The van der Waals surface area contributed by atoms with Crippen molar-refractivity contribution >= 4 is 10.9 Å². The maximum Gasteiger partial charge on any atom is 0.0918 e. The normalized spacial score (nSPS) is 11.6. The molecule has 1 N–H and O–H groups in total. The first-order chi connectivity index (χ1) is 10.1. The van der Waals surface area contributed by atoms with E-state index in [4.69, 9.17) is 0 Å². The number of para-hydroxylation sites is 1. The first-order valence-corrected chi connectivity index (χ1v) is 7.30. The highest BCUT2D eigenvalue weighted by Gasteiger charge is 2.09. The van der Waals surface area contributed by atoms with E-state index >= 15 is 0 Å². The summed E-state index contributed by atoms with van der Waals surface area (Å²) < 4.78 is 3.88. The molecule has 3 rings (SSSR count). The second-order valence-electron chi connectivity index (χ2n) is 5.63. The third-order valence-corrected chi connectivity index (χ3v) is 3.53. The summed E-state index contributed by atoms with van der Waals surface area (Å²) in [5, 5.41) is 13.8. The Bertz CT molecular complexity index is 738. The first-order valence-electron chi connectivity index (χ1n) is 7.30. The molecule has 0 unspecified atom stereocenters. The first kappa shape index (κ1) is 13.8. The number of nitrogens with one attached hydrogen (secondary N) is 1. The third kappa shape index (κ3) is 2.97. The molecule has 0 bridgehead atoms. The molecule has 0 aliphatic heterocycles. The van der Waals surface area contributed by atoms with Crippen LogP contribution in [0.15, 0.2) is 36.5 Å². The predicted molar refractivity (Wildman–Crippen MR) is 84.0 cm³/mol. The number of hydrogen-bond donors (Lipinski definition) is 1. The molecule has 0 spiro atoms. The van der Waals surface area contributed by atoms with Crippen molar-refractivity contribution in [2.24, 2.45) is 7.05 Å². The lowest BCUT2D eigenvalue weighted by molar-refractivity contribution is 0.568. The molecule has 0 saturated heterocycles. The highest BCUT2D eigenvalue weighted by atomic mass is 15.3. The van der Waals surface area contributed by atoms with Gasteiger partial charge in [-0.1, -0.05) is 32.0 Å². The van der Waals surface area contributed by atoms with Gasteiger partial charge in [-0.2, -0.15) is 10.2 Å². The summed E-state index contributed by atoms with van der Waals surface area (Å²) in [5.74, 6) is 0. The number of aromatic nitrogens is 4. The standard InChI is InChI=1S/C16H21N5/c1-12(2)17-10-13-8-9-21(18-13)11-15-14-6-4-5-7-16(14)20(3)19-15/h4-9,12,17H,10-11H2,1-3H3. The lowest BCUT2D eigenvalue weighted by atomic mass is 10.2. The Morgan fingerprint density at radius 3 is 2.76 bits per heavy atom. The van der Waals surface area contributed by atoms with Crippen LogP contribution in [0, 0.1) is 0 Å². The number of rotatable bonds is 5. The van der Waals surface area contributed by atoms with Crippen molar-refractivity contribution in [3.8, 4) is 0 Å². The van der Waals surface area contributed by atoms with Gasteiger partial charge in [0.15, 0.2) is 0 Å². The Morgan fingerprint density at radius 2 is 1.95 bits per heavy atom. The number of aryl methyl sites for hydroxylation is 1. The molecular weight excluding hydrogens is 262 g/mol. The fourth-order valence-corrected chi connectivity index (χ4v) is 2.45. The van der Waals surface area contributed by atoms with Crippen LogP contribution in [0.5, 0.6) is 0 Å². The second kappa shape index (κ2) is 5.69. The van der Waals surface area contributed by atoms with Gasteiger partial charge in [0.25, 0.3) is 0 Å². The molecule has 5 nitrogen and oxygen atoms in total. The van der Waals surface area contributed by atoms with Crippen LogP contribution < -0.4 is 5.32 Å². The number of benzene rings is 1. The summed E-state index contributed by atoms with van der Waals surface area (Å²) in [6.07, 6.45) is 2.01. The Hall–Kier alpha value is -2.14. The zero-order valence-electron chi connectivity index (χ0n) is 12.7. The Morgan fingerprint density at radius 1 is 1.14 bits per heavy atom. The van der Waals surface area contributed by atoms with Gasteiger partial charge in [-0.25, -0.2) is 0 Å². The van der Waals surface area contributed by atoms with E-state index in [-0.39, 0.29) is 0 Å². The van der Waals surface area contributed by atoms with Gasteiger partial charge in [-0.05, 0) is 12.1 Å². The second-order valence-corrected chi connectivity index (χ2v) is 5.63. The third-order valence-electron chi connectivity index (χ3n) is 3.53. The summed E-state index contributed by atoms with van der Waals surface area (Å²) in [6, 6.07) is 10.8. The summed E-state index contributed by atoms with van der Waals surface area (Å²) in [7, 11) is 1.98. The highest BCUT2D eigenvalue weighted by molar-refractivity contribution is 5.81. The van der Waals surface area contributed by atoms with Crippen LogP contribution in [0.2, 0.25) is 0 Å². The Kier molecular flexibility index (Phi) is 3.75. The zero-order valence-corrected chi connectivity index (χ0v) is 12.7. The molecule has 2 aromatic heterocycles. The molecule has 5 heteroatoms. The van der Waals surface area contributed by atoms with Crippen LogP contribution in [0.4, 0.5) is 0 Å². The summed E-state index contributed by atoms with van der Waals surface area (Å²) >= 11 is 0. The molecule has 0 saturated carbocycles. The molecule has 2 heterocycles. The van der Waals surface area contributed by atoms with Gasteiger partial charge in [-0.15, -0.1) is 0 Å². The average Bonchev–Trinajstić information content (AvgIpc) is 3.03. The maximum atomic E-state index is 4.61. The van der Waals surface area contributed by atoms with Gasteiger partial charge in [-0.3, -0.25) is 9.36 Å². The molecule has 0 radical (unpaired) electrons. The van der Waals surface area contributed by atoms with Crippen LogP contribution in [-0.4, -0.2) is 25.6 Å². The van der Waals surface area contributed by atoms with Crippen LogP contribution in [0.3, 0.4) is 0 Å². The van der Waals surface area contributed by atoms with Crippen molar-refractivity contribution < 1.29 is 0 Å². The van der Waals surface area contributed by atoms with Crippen LogP contribution >= 0.6 is 0 Å². The molecule has 21 heavy (non-hydrogen) atoms. The number of fused-ring (bicyclic) bond motifs is 1. The van der Waals surface area contributed by atoms with Gasteiger partial charge in [0.1, 0.15) is 0 Å². The summed E-state index contributed by atoms with van der Waals surface area (Å²) in [6.45, 7) is 5.77.